The Balaban J connectivity index is 1.65. The minimum absolute atomic E-state index is 0.0853. The zero-order valence-corrected chi connectivity index (χ0v) is 15.3. The summed E-state index contributed by atoms with van der Waals surface area (Å²) in [4.78, 5) is 16.2. The van der Waals surface area contributed by atoms with Gasteiger partial charge in [-0.25, -0.2) is 0 Å². The molecule has 0 N–H and O–H groups in total. The fourth-order valence-electron chi connectivity index (χ4n) is 4.70. The SMILES string of the molecule is Cc1ccc(C(=O)C2c3ccccc3N(C3CC3)C2C)c2ccccc12. The van der Waals surface area contributed by atoms with E-state index in [1.54, 1.807) is 0 Å². The smallest absolute Gasteiger partial charge is 0.173 e. The maximum absolute atomic E-state index is 13.7. The molecule has 26 heavy (non-hydrogen) atoms. The number of fused-ring (bicyclic) bond motifs is 2. The molecule has 0 saturated heterocycles. The Hall–Kier alpha value is -2.61. The fourth-order valence-corrected chi connectivity index (χ4v) is 4.70. The average molecular weight is 341 g/mol. The number of benzene rings is 3. The van der Waals surface area contributed by atoms with Gasteiger partial charge < -0.3 is 4.90 Å². The lowest BCUT2D eigenvalue weighted by molar-refractivity contribution is 0.0955. The third-order valence-corrected chi connectivity index (χ3v) is 6.10. The van der Waals surface area contributed by atoms with Crippen LogP contribution in [-0.4, -0.2) is 17.9 Å². The van der Waals surface area contributed by atoms with E-state index in [4.69, 9.17) is 0 Å². The molecule has 0 amide bonds. The van der Waals surface area contributed by atoms with Gasteiger partial charge in [0.2, 0.25) is 0 Å². The molecule has 1 aliphatic heterocycles. The number of Topliss-reactive ketones (excluding diaryl/α,β-unsaturated/α-hetero) is 1. The highest BCUT2D eigenvalue weighted by atomic mass is 16.1. The van der Waals surface area contributed by atoms with E-state index >= 15 is 0 Å². The molecule has 0 aromatic heterocycles. The minimum Gasteiger partial charge on any atom is -0.365 e. The van der Waals surface area contributed by atoms with Crippen molar-refractivity contribution >= 4 is 22.2 Å². The molecule has 2 atom stereocenters. The molecule has 130 valence electrons. The fraction of sp³-hybridized carbons (Fsp3) is 0.292. The van der Waals surface area contributed by atoms with E-state index in [1.807, 2.05) is 18.2 Å². The number of hydrogen-bond acceptors (Lipinski definition) is 2. The summed E-state index contributed by atoms with van der Waals surface area (Å²) in [7, 11) is 0. The van der Waals surface area contributed by atoms with E-state index in [-0.39, 0.29) is 17.7 Å². The summed E-state index contributed by atoms with van der Waals surface area (Å²) in [6.45, 7) is 4.33. The van der Waals surface area contributed by atoms with Crippen LogP contribution < -0.4 is 4.90 Å². The minimum atomic E-state index is -0.0853. The van der Waals surface area contributed by atoms with Crippen molar-refractivity contribution in [2.75, 3.05) is 4.90 Å². The van der Waals surface area contributed by atoms with E-state index in [1.165, 1.54) is 35.0 Å². The van der Waals surface area contributed by atoms with Gasteiger partial charge in [0, 0.05) is 23.3 Å². The van der Waals surface area contributed by atoms with Crippen LogP contribution in [-0.2, 0) is 0 Å². The monoisotopic (exact) mass is 341 g/mol. The first-order valence-corrected chi connectivity index (χ1v) is 9.56. The lowest BCUT2D eigenvalue weighted by Crippen LogP contribution is -2.35. The predicted octanol–water partition coefficient (Wildman–Crippen LogP) is 5.49. The van der Waals surface area contributed by atoms with Crippen molar-refractivity contribution in [3.63, 3.8) is 0 Å². The second-order valence-electron chi connectivity index (χ2n) is 7.76. The normalized spacial score (nSPS) is 21.8. The first-order chi connectivity index (χ1) is 12.7. The van der Waals surface area contributed by atoms with Crippen LogP contribution in [0.5, 0.6) is 0 Å². The maximum atomic E-state index is 13.7. The van der Waals surface area contributed by atoms with Crippen LogP contribution in [0.4, 0.5) is 5.69 Å². The summed E-state index contributed by atoms with van der Waals surface area (Å²) in [5.74, 6) is 0.169. The Morgan fingerprint density at radius 1 is 0.923 bits per heavy atom. The van der Waals surface area contributed by atoms with Crippen molar-refractivity contribution < 1.29 is 4.79 Å². The van der Waals surface area contributed by atoms with Gasteiger partial charge in [0.15, 0.2) is 5.78 Å². The second-order valence-corrected chi connectivity index (χ2v) is 7.76. The molecular weight excluding hydrogens is 318 g/mol. The zero-order valence-electron chi connectivity index (χ0n) is 15.3. The van der Waals surface area contributed by atoms with Crippen molar-refractivity contribution in [1.29, 1.82) is 0 Å². The molecule has 1 saturated carbocycles. The second kappa shape index (κ2) is 5.70. The molecule has 2 heteroatoms. The van der Waals surface area contributed by atoms with Crippen molar-refractivity contribution in [3.05, 3.63) is 77.4 Å². The number of nitrogens with zero attached hydrogens (tertiary/aromatic N) is 1. The first kappa shape index (κ1) is 15.6. The molecule has 0 bridgehead atoms. The molecule has 2 aliphatic rings. The van der Waals surface area contributed by atoms with E-state index in [0.717, 1.165) is 10.9 Å². The van der Waals surface area contributed by atoms with Gasteiger partial charge in [-0.3, -0.25) is 4.79 Å². The number of ketones is 1. The van der Waals surface area contributed by atoms with Crippen LogP contribution in [0.2, 0.25) is 0 Å². The van der Waals surface area contributed by atoms with Crippen LogP contribution in [0.3, 0.4) is 0 Å². The first-order valence-electron chi connectivity index (χ1n) is 9.56. The number of carbonyl (C=O) groups is 1. The van der Waals surface area contributed by atoms with Gasteiger partial charge in [-0.05, 0) is 54.7 Å². The Morgan fingerprint density at radius 2 is 1.62 bits per heavy atom. The third kappa shape index (κ3) is 2.21. The molecule has 0 spiro atoms. The predicted molar refractivity (Wildman–Crippen MR) is 107 cm³/mol. The van der Waals surface area contributed by atoms with Gasteiger partial charge in [0.25, 0.3) is 0 Å². The van der Waals surface area contributed by atoms with Gasteiger partial charge in [-0.2, -0.15) is 0 Å². The molecule has 1 heterocycles. The molecule has 2 unspecified atom stereocenters. The molecule has 5 rings (SSSR count). The quantitative estimate of drug-likeness (QED) is 0.588. The average Bonchev–Trinajstić information content (AvgIpc) is 3.44. The molecule has 3 aromatic rings. The van der Waals surface area contributed by atoms with Crippen LogP contribution in [0.15, 0.2) is 60.7 Å². The van der Waals surface area contributed by atoms with Crippen LogP contribution in [0, 0.1) is 6.92 Å². The molecule has 0 radical (unpaired) electrons. The summed E-state index contributed by atoms with van der Waals surface area (Å²) in [6, 6.07) is 21.7. The van der Waals surface area contributed by atoms with Crippen molar-refractivity contribution in [1.82, 2.24) is 0 Å². The summed E-state index contributed by atoms with van der Waals surface area (Å²) in [5.41, 5.74) is 4.53. The summed E-state index contributed by atoms with van der Waals surface area (Å²) < 4.78 is 0. The van der Waals surface area contributed by atoms with E-state index in [0.29, 0.717) is 6.04 Å². The lowest BCUT2D eigenvalue weighted by Gasteiger charge is -2.27. The number of aryl methyl sites for hydroxylation is 1. The van der Waals surface area contributed by atoms with E-state index in [9.17, 15) is 4.79 Å². The largest absolute Gasteiger partial charge is 0.365 e. The molecule has 3 aromatic carbocycles. The Kier molecular flexibility index (Phi) is 3.43. The molecule has 2 nitrogen and oxygen atoms in total. The van der Waals surface area contributed by atoms with Gasteiger partial charge >= 0.3 is 0 Å². The Morgan fingerprint density at radius 3 is 2.38 bits per heavy atom. The topological polar surface area (TPSA) is 20.3 Å². The van der Waals surface area contributed by atoms with Crippen LogP contribution in [0.1, 0.15) is 47.2 Å². The summed E-state index contributed by atoms with van der Waals surface area (Å²) >= 11 is 0. The summed E-state index contributed by atoms with van der Waals surface area (Å²) in [6.07, 6.45) is 2.49. The van der Waals surface area contributed by atoms with Crippen LogP contribution in [0.25, 0.3) is 10.8 Å². The van der Waals surface area contributed by atoms with E-state index in [2.05, 4.69) is 61.2 Å². The number of para-hydroxylation sites is 1. The summed E-state index contributed by atoms with van der Waals surface area (Å²) in [5, 5.41) is 2.25. The third-order valence-electron chi connectivity index (χ3n) is 6.10. The molecule has 1 aliphatic carbocycles. The molecular formula is C24H23NO. The number of rotatable bonds is 3. The lowest BCUT2D eigenvalue weighted by atomic mass is 9.85. The highest BCUT2D eigenvalue weighted by Gasteiger charge is 2.45. The Bertz CT molecular complexity index is 1020. The number of hydrogen-bond donors (Lipinski definition) is 0. The standard InChI is InChI=1S/C24H23NO/c1-15-11-14-20(19-8-4-3-7-18(15)19)24(26)23-16(2)25(17-12-13-17)22-10-6-5-9-21(22)23/h3-11,14,16-17,23H,12-13H2,1-2H3. The van der Waals surface area contributed by atoms with Crippen LogP contribution >= 0.6 is 0 Å². The highest BCUT2D eigenvalue weighted by molar-refractivity contribution is 6.13. The van der Waals surface area contributed by atoms with Gasteiger partial charge in [-0.1, -0.05) is 54.6 Å². The zero-order chi connectivity index (χ0) is 17.8. The maximum Gasteiger partial charge on any atom is 0.173 e. The highest BCUT2D eigenvalue weighted by Crippen LogP contribution is 2.48. The number of anilines is 1. The van der Waals surface area contributed by atoms with Gasteiger partial charge in [0.1, 0.15) is 0 Å². The van der Waals surface area contributed by atoms with Gasteiger partial charge in [-0.15, -0.1) is 0 Å². The Labute approximate surface area is 154 Å². The van der Waals surface area contributed by atoms with Gasteiger partial charge in [0.05, 0.1) is 5.92 Å². The number of carbonyl (C=O) groups excluding carboxylic acids is 1. The van der Waals surface area contributed by atoms with Crippen molar-refractivity contribution in [3.8, 4) is 0 Å². The van der Waals surface area contributed by atoms with Crippen molar-refractivity contribution in [2.45, 2.75) is 44.7 Å². The molecule has 1 fully saturated rings. The van der Waals surface area contributed by atoms with E-state index < -0.39 is 0 Å². The van der Waals surface area contributed by atoms with Crippen molar-refractivity contribution in [2.24, 2.45) is 0 Å².